The van der Waals surface area contributed by atoms with Crippen molar-refractivity contribution >= 4 is 11.7 Å². The monoisotopic (exact) mass is 211 g/mol. The topological polar surface area (TPSA) is 57.6 Å². The fourth-order valence-corrected chi connectivity index (χ4v) is 2.77. The normalized spacial score (nSPS) is 34.3. The summed E-state index contributed by atoms with van der Waals surface area (Å²) in [7, 11) is 0. The summed E-state index contributed by atoms with van der Waals surface area (Å²) in [5.41, 5.74) is 0. The van der Waals surface area contributed by atoms with Gasteiger partial charge in [0.1, 0.15) is 5.78 Å². The molecule has 3 unspecified atom stereocenters. The molecule has 4 nitrogen and oxygen atoms in total. The zero-order valence-electron chi connectivity index (χ0n) is 8.98. The summed E-state index contributed by atoms with van der Waals surface area (Å²) in [6.45, 7) is 2.80. The summed E-state index contributed by atoms with van der Waals surface area (Å²) < 4.78 is 0. The van der Waals surface area contributed by atoms with Crippen LogP contribution in [0.15, 0.2) is 0 Å². The third-order valence-corrected chi connectivity index (χ3v) is 3.57. The van der Waals surface area contributed by atoms with Gasteiger partial charge in [-0.25, -0.2) is 0 Å². The van der Waals surface area contributed by atoms with Crippen LogP contribution in [0.1, 0.15) is 26.2 Å². The lowest BCUT2D eigenvalue weighted by Gasteiger charge is -2.17. The van der Waals surface area contributed by atoms with Crippen LogP contribution in [0.5, 0.6) is 0 Å². The van der Waals surface area contributed by atoms with Crippen LogP contribution < -0.4 is 0 Å². The number of likely N-dealkylation sites (tertiary alicyclic amines) is 1. The highest BCUT2D eigenvalue weighted by atomic mass is 16.3. The average molecular weight is 211 g/mol. The first-order chi connectivity index (χ1) is 7.08. The van der Waals surface area contributed by atoms with Gasteiger partial charge in [-0.3, -0.25) is 9.59 Å². The molecule has 0 bridgehead atoms. The molecule has 0 aromatic rings. The lowest BCUT2D eigenvalue weighted by molar-refractivity contribution is -0.134. The molecular weight excluding hydrogens is 194 g/mol. The van der Waals surface area contributed by atoms with Crippen LogP contribution in [0.3, 0.4) is 0 Å². The van der Waals surface area contributed by atoms with Crippen LogP contribution in [0, 0.1) is 11.8 Å². The first-order valence-electron chi connectivity index (χ1n) is 5.53. The molecule has 0 aromatic heterocycles. The Morgan fingerprint density at radius 3 is 2.67 bits per heavy atom. The summed E-state index contributed by atoms with van der Waals surface area (Å²) in [6.07, 6.45) is 1.64. The van der Waals surface area contributed by atoms with E-state index in [-0.39, 0.29) is 30.1 Å². The Morgan fingerprint density at radius 1 is 1.33 bits per heavy atom. The van der Waals surface area contributed by atoms with Gasteiger partial charge in [-0.05, 0) is 25.7 Å². The van der Waals surface area contributed by atoms with Crippen molar-refractivity contribution in [1.82, 2.24) is 4.90 Å². The number of aliphatic hydroxyl groups excluding tert-OH is 1. The van der Waals surface area contributed by atoms with Crippen molar-refractivity contribution in [1.29, 1.82) is 0 Å². The molecule has 1 saturated heterocycles. The SMILES string of the molecule is CC(=O)CC(=O)N1CC2CCC(O)C2C1. The van der Waals surface area contributed by atoms with Gasteiger partial charge in [-0.2, -0.15) is 0 Å². The Morgan fingerprint density at radius 2 is 2.07 bits per heavy atom. The second kappa shape index (κ2) is 3.93. The maximum Gasteiger partial charge on any atom is 0.230 e. The number of hydrogen-bond acceptors (Lipinski definition) is 3. The molecular formula is C11H17NO3. The van der Waals surface area contributed by atoms with E-state index in [1.54, 1.807) is 4.90 Å². The smallest absolute Gasteiger partial charge is 0.230 e. The minimum Gasteiger partial charge on any atom is -0.393 e. The summed E-state index contributed by atoms with van der Waals surface area (Å²) in [4.78, 5) is 24.2. The van der Waals surface area contributed by atoms with Crippen molar-refractivity contribution in [3.8, 4) is 0 Å². The Labute approximate surface area is 89.3 Å². The van der Waals surface area contributed by atoms with Gasteiger partial charge in [0.15, 0.2) is 0 Å². The molecule has 3 atom stereocenters. The average Bonchev–Trinajstić information content (AvgIpc) is 2.67. The fourth-order valence-electron chi connectivity index (χ4n) is 2.77. The number of ketones is 1. The Balaban J connectivity index is 1.93. The van der Waals surface area contributed by atoms with Gasteiger partial charge >= 0.3 is 0 Å². The van der Waals surface area contributed by atoms with Gasteiger partial charge in [0, 0.05) is 19.0 Å². The van der Waals surface area contributed by atoms with Crippen molar-refractivity contribution < 1.29 is 14.7 Å². The Hall–Kier alpha value is -0.900. The maximum atomic E-state index is 11.6. The molecule has 1 saturated carbocycles. The summed E-state index contributed by atoms with van der Waals surface area (Å²) in [5, 5.41) is 9.68. The van der Waals surface area contributed by atoms with Crippen molar-refractivity contribution in [2.45, 2.75) is 32.3 Å². The maximum absolute atomic E-state index is 11.6. The highest BCUT2D eigenvalue weighted by Gasteiger charge is 2.43. The first-order valence-corrected chi connectivity index (χ1v) is 5.53. The second-order valence-electron chi connectivity index (χ2n) is 4.75. The van der Waals surface area contributed by atoms with Crippen molar-refractivity contribution in [3.05, 3.63) is 0 Å². The van der Waals surface area contributed by atoms with E-state index in [1.165, 1.54) is 6.92 Å². The van der Waals surface area contributed by atoms with Crippen LogP contribution >= 0.6 is 0 Å². The quantitative estimate of drug-likeness (QED) is 0.664. The molecule has 2 rings (SSSR count). The van der Waals surface area contributed by atoms with E-state index in [4.69, 9.17) is 0 Å². The number of rotatable bonds is 2. The van der Waals surface area contributed by atoms with Crippen LogP contribution in [0.2, 0.25) is 0 Å². The summed E-state index contributed by atoms with van der Waals surface area (Å²) in [5.74, 6) is 0.540. The molecule has 4 heteroatoms. The number of fused-ring (bicyclic) bond motifs is 1. The number of carbonyl (C=O) groups excluding carboxylic acids is 2. The minimum atomic E-state index is -0.245. The molecule has 0 aromatic carbocycles. The van der Waals surface area contributed by atoms with E-state index in [2.05, 4.69) is 0 Å². The van der Waals surface area contributed by atoms with E-state index in [9.17, 15) is 14.7 Å². The lowest BCUT2D eigenvalue weighted by Crippen LogP contribution is -2.32. The van der Waals surface area contributed by atoms with E-state index in [0.29, 0.717) is 12.5 Å². The third kappa shape index (κ3) is 2.04. The molecule has 0 spiro atoms. The molecule has 2 aliphatic rings. The molecule has 1 amide bonds. The molecule has 1 heterocycles. The van der Waals surface area contributed by atoms with Gasteiger partial charge in [0.05, 0.1) is 12.5 Å². The minimum absolute atomic E-state index is 0.00946. The number of hydrogen-bond donors (Lipinski definition) is 1. The van der Waals surface area contributed by atoms with Gasteiger partial charge in [0.25, 0.3) is 0 Å². The molecule has 0 radical (unpaired) electrons. The molecule has 2 fully saturated rings. The molecule has 1 aliphatic carbocycles. The molecule has 15 heavy (non-hydrogen) atoms. The molecule has 1 N–H and O–H groups in total. The highest BCUT2D eigenvalue weighted by Crippen LogP contribution is 2.38. The van der Waals surface area contributed by atoms with Crippen LogP contribution in [-0.4, -0.2) is 40.9 Å². The zero-order chi connectivity index (χ0) is 11.0. The van der Waals surface area contributed by atoms with Gasteiger partial charge in [-0.15, -0.1) is 0 Å². The predicted molar refractivity (Wildman–Crippen MR) is 54.1 cm³/mol. The van der Waals surface area contributed by atoms with E-state index < -0.39 is 0 Å². The molecule has 84 valence electrons. The van der Waals surface area contributed by atoms with Crippen molar-refractivity contribution in [2.75, 3.05) is 13.1 Å². The number of amides is 1. The van der Waals surface area contributed by atoms with Crippen LogP contribution in [0.4, 0.5) is 0 Å². The largest absolute Gasteiger partial charge is 0.393 e. The van der Waals surface area contributed by atoms with Crippen molar-refractivity contribution in [3.63, 3.8) is 0 Å². The number of aliphatic hydroxyl groups is 1. The first kappa shape index (κ1) is 10.6. The number of nitrogens with zero attached hydrogens (tertiary/aromatic N) is 1. The van der Waals surface area contributed by atoms with Gasteiger partial charge in [-0.1, -0.05) is 0 Å². The standard InChI is InChI=1S/C11H17NO3/c1-7(13)4-11(15)12-5-8-2-3-10(14)9(8)6-12/h8-10,14H,2-6H2,1H3. The van der Waals surface area contributed by atoms with Gasteiger partial charge in [0.2, 0.25) is 5.91 Å². The van der Waals surface area contributed by atoms with Crippen molar-refractivity contribution in [2.24, 2.45) is 11.8 Å². The molecule has 1 aliphatic heterocycles. The van der Waals surface area contributed by atoms with E-state index >= 15 is 0 Å². The fraction of sp³-hybridized carbons (Fsp3) is 0.818. The highest BCUT2D eigenvalue weighted by molar-refractivity contribution is 5.96. The number of carbonyl (C=O) groups is 2. The van der Waals surface area contributed by atoms with E-state index in [0.717, 1.165) is 19.4 Å². The summed E-state index contributed by atoms with van der Waals surface area (Å²) >= 11 is 0. The Bertz CT molecular complexity index is 290. The van der Waals surface area contributed by atoms with Crippen LogP contribution in [-0.2, 0) is 9.59 Å². The van der Waals surface area contributed by atoms with E-state index in [1.807, 2.05) is 0 Å². The van der Waals surface area contributed by atoms with Crippen LogP contribution in [0.25, 0.3) is 0 Å². The summed E-state index contributed by atoms with van der Waals surface area (Å²) in [6, 6.07) is 0. The zero-order valence-corrected chi connectivity index (χ0v) is 8.98. The predicted octanol–water partition coefficient (Wildman–Crippen LogP) is 0.195. The lowest BCUT2D eigenvalue weighted by atomic mass is 10.00. The Kier molecular flexibility index (Phi) is 2.78. The number of Topliss-reactive ketones (excluding diaryl/α,β-unsaturated/α-hetero) is 1. The van der Waals surface area contributed by atoms with Gasteiger partial charge < -0.3 is 10.0 Å². The third-order valence-electron chi connectivity index (χ3n) is 3.57. The second-order valence-corrected chi connectivity index (χ2v) is 4.75.